The molecule has 1 N–H and O–H groups in total. The van der Waals surface area contributed by atoms with Crippen LogP contribution in [0.4, 0.5) is 5.82 Å². The van der Waals surface area contributed by atoms with Crippen molar-refractivity contribution in [1.29, 1.82) is 0 Å². The summed E-state index contributed by atoms with van der Waals surface area (Å²) in [4.78, 5) is 17.8. The molecule has 6 nitrogen and oxygen atoms in total. The number of nitrogens with zero attached hydrogens (tertiary/aromatic N) is 3. The van der Waals surface area contributed by atoms with Gasteiger partial charge in [-0.25, -0.2) is 0 Å². The second-order valence-electron chi connectivity index (χ2n) is 2.25. The number of carboxylic acids is 1. The molecule has 0 spiro atoms. The summed E-state index contributed by atoms with van der Waals surface area (Å²) < 4.78 is 11.2. The first-order valence-corrected chi connectivity index (χ1v) is 3.39. The van der Waals surface area contributed by atoms with E-state index in [4.69, 9.17) is 5.11 Å². The summed E-state index contributed by atoms with van der Waals surface area (Å²) in [6.45, 7) is 0. The molecule has 13 heavy (non-hydrogen) atoms. The second kappa shape index (κ2) is 3.75. The van der Waals surface area contributed by atoms with Gasteiger partial charge in [-0.3, -0.25) is 0 Å². The van der Waals surface area contributed by atoms with Crippen LogP contribution in [0.15, 0.2) is 11.2 Å². The van der Waals surface area contributed by atoms with Crippen molar-refractivity contribution in [3.05, 3.63) is 12.0 Å². The molecular formula is C6H6BN3O3. The molecule has 1 aromatic heterocycles. The zero-order valence-corrected chi connectivity index (χ0v) is 6.84. The Morgan fingerprint density at radius 2 is 2.54 bits per heavy atom. The van der Waals surface area contributed by atoms with Crippen LogP contribution in [0.2, 0.25) is 0 Å². The second-order valence-corrected chi connectivity index (χ2v) is 2.25. The molecule has 0 saturated carbocycles. The van der Waals surface area contributed by atoms with Gasteiger partial charge in [0.05, 0.1) is 0 Å². The van der Waals surface area contributed by atoms with Crippen molar-refractivity contribution in [1.82, 2.24) is 9.55 Å². The van der Waals surface area contributed by atoms with Gasteiger partial charge in [-0.05, 0) is 0 Å². The number of hydrogen-bond donors (Lipinski definition) is 1. The Bertz CT molecular complexity index is 371. The van der Waals surface area contributed by atoms with Crippen molar-refractivity contribution >= 4 is 25.1 Å². The van der Waals surface area contributed by atoms with Crippen molar-refractivity contribution in [3.8, 4) is 0 Å². The summed E-state index contributed by atoms with van der Waals surface area (Å²) in [7, 11) is 2.03. The van der Waals surface area contributed by atoms with Gasteiger partial charge in [0.1, 0.15) is 0 Å². The van der Waals surface area contributed by atoms with Crippen LogP contribution < -0.4 is 0 Å². The van der Waals surface area contributed by atoms with Crippen LogP contribution in [0.5, 0.6) is 0 Å². The summed E-state index contributed by atoms with van der Waals surface area (Å²) >= 11 is 0. The molecule has 0 aromatic carbocycles. The van der Waals surface area contributed by atoms with Crippen LogP contribution in [-0.4, -0.2) is 33.9 Å². The fourth-order valence-electron chi connectivity index (χ4n) is 0.818. The molecule has 0 aliphatic heterocycles. The maximum absolute atomic E-state index is 10.5. The molecular weight excluding hydrogens is 173 g/mol. The first-order chi connectivity index (χ1) is 6.15. The Morgan fingerprint density at radius 3 is 3.00 bits per heavy atom. The van der Waals surface area contributed by atoms with Gasteiger partial charge in [-0.15, -0.1) is 0 Å². The van der Waals surface area contributed by atoms with Crippen molar-refractivity contribution in [2.75, 3.05) is 0 Å². The van der Waals surface area contributed by atoms with E-state index in [1.54, 1.807) is 0 Å². The van der Waals surface area contributed by atoms with E-state index in [9.17, 15) is 9.50 Å². The minimum absolute atomic E-state index is 0.113. The number of aliphatic imine (C=N–C) groups is 1. The summed E-state index contributed by atoms with van der Waals surface area (Å²) in [5.41, 5.74) is 0. The molecule has 0 aliphatic rings. The number of carbonyl (C=O) groups is 1. The molecule has 0 saturated heterocycles. The van der Waals surface area contributed by atoms with Crippen molar-refractivity contribution in [2.24, 2.45) is 12.0 Å². The average Bonchev–Trinajstić information content (AvgIpc) is 2.43. The number of carboxylic acid groups (broad SMARTS) is 1. The van der Waals surface area contributed by atoms with E-state index in [2.05, 4.69) is 9.98 Å². The zero-order valence-electron chi connectivity index (χ0n) is 6.84. The van der Waals surface area contributed by atoms with Gasteiger partial charge in [0.2, 0.25) is 0 Å². The van der Waals surface area contributed by atoms with Gasteiger partial charge >= 0.3 is 73.3 Å². The Hall–Kier alpha value is -1.79. The first-order valence-electron chi connectivity index (χ1n) is 3.39. The van der Waals surface area contributed by atoms with E-state index in [1.807, 2.05) is 0 Å². The van der Waals surface area contributed by atoms with E-state index in [0.717, 1.165) is 6.11 Å². The van der Waals surface area contributed by atoms with Gasteiger partial charge in [0.25, 0.3) is 0 Å². The van der Waals surface area contributed by atoms with Crippen LogP contribution in [0.3, 0.4) is 0 Å². The molecule has 1 heterocycles. The van der Waals surface area contributed by atoms with Crippen molar-refractivity contribution in [2.45, 2.75) is 0 Å². The third-order valence-electron chi connectivity index (χ3n) is 1.32. The minimum atomic E-state index is -1.13. The molecule has 1 aromatic rings. The molecule has 0 bridgehead atoms. The van der Waals surface area contributed by atoms with E-state index < -0.39 is 5.97 Å². The number of imidazole rings is 1. The molecule has 0 amide bonds. The Kier molecular flexibility index (Phi) is 2.68. The standard InChI is InChI=1S/C6H6BN3O3/c1-10-2-4(8-3-7-13)9-5(10)6(11)12/h2-3H,1H3,(H,11,12)/b8-3+. The molecule has 0 unspecified atom stereocenters. The summed E-state index contributed by atoms with van der Waals surface area (Å²) in [6, 6.07) is 0. The van der Waals surface area contributed by atoms with Gasteiger partial charge in [0, 0.05) is 0 Å². The summed E-state index contributed by atoms with van der Waals surface area (Å²) in [6.07, 6.45) is 2.43. The number of aromatic carboxylic acids is 1. The van der Waals surface area contributed by atoms with Gasteiger partial charge in [0.15, 0.2) is 0 Å². The molecule has 0 fully saturated rings. The maximum atomic E-state index is 10.5. The van der Waals surface area contributed by atoms with E-state index in [0.29, 0.717) is 7.15 Å². The third-order valence-corrected chi connectivity index (χ3v) is 1.32. The average molecular weight is 179 g/mol. The fraction of sp³-hybridized carbons (Fsp3) is 0.167. The zero-order chi connectivity index (χ0) is 9.84. The van der Waals surface area contributed by atoms with Gasteiger partial charge in [-0.2, -0.15) is 0 Å². The topological polar surface area (TPSA) is 84.5 Å². The molecule has 0 atom stereocenters. The summed E-state index contributed by atoms with van der Waals surface area (Å²) in [5.74, 6) is -1.04. The van der Waals surface area contributed by atoms with Gasteiger partial charge < -0.3 is 0 Å². The van der Waals surface area contributed by atoms with Gasteiger partial charge in [-0.1, -0.05) is 0 Å². The van der Waals surface area contributed by atoms with Crippen LogP contribution in [0.25, 0.3) is 0 Å². The molecule has 66 valence electrons. The van der Waals surface area contributed by atoms with Crippen molar-refractivity contribution in [3.63, 3.8) is 0 Å². The third kappa shape index (κ3) is 2.08. The van der Waals surface area contributed by atoms with Crippen molar-refractivity contribution < 1.29 is 14.6 Å². The Labute approximate surface area is 74.2 Å². The summed E-state index contributed by atoms with van der Waals surface area (Å²) in [5, 5.41) is 8.60. The number of aromatic nitrogens is 2. The van der Waals surface area contributed by atoms with Crippen LogP contribution in [0, 0.1) is 0 Å². The van der Waals surface area contributed by atoms with E-state index >= 15 is 0 Å². The number of hydrogen-bond acceptors (Lipinski definition) is 4. The SMILES string of the molecule is Cn1cc(/N=C/B=O)nc1C(=O)O. The van der Waals surface area contributed by atoms with E-state index in [-0.39, 0.29) is 11.6 Å². The Balaban J connectivity index is 3.01. The quantitative estimate of drug-likeness (QED) is 0.515. The van der Waals surface area contributed by atoms with E-state index in [1.165, 1.54) is 17.8 Å². The van der Waals surface area contributed by atoms with Crippen LogP contribution >= 0.6 is 0 Å². The fourth-order valence-corrected chi connectivity index (χ4v) is 0.818. The molecule has 7 heteroatoms. The normalized spacial score (nSPS) is 10.2. The molecule has 1 rings (SSSR count). The predicted molar refractivity (Wildman–Crippen MR) is 44.8 cm³/mol. The Morgan fingerprint density at radius 1 is 1.85 bits per heavy atom. The van der Waals surface area contributed by atoms with Crippen LogP contribution in [-0.2, 0) is 11.8 Å². The monoisotopic (exact) mass is 179 g/mol. The molecule has 0 aliphatic carbocycles. The molecule has 0 radical (unpaired) electrons. The predicted octanol–water partition coefficient (Wildman–Crippen LogP) is -0.172. The number of aryl methyl sites for hydroxylation is 1. The number of rotatable bonds is 3. The van der Waals surface area contributed by atoms with Crippen LogP contribution in [0.1, 0.15) is 10.6 Å². The first kappa shape index (κ1) is 9.30.